The molecule has 0 atom stereocenters. The average molecular weight is 440 g/mol. The lowest BCUT2D eigenvalue weighted by Gasteiger charge is -2.13. The molecule has 33 heavy (non-hydrogen) atoms. The first-order valence-corrected chi connectivity index (χ1v) is 10.7. The molecule has 1 heterocycles. The largest absolute Gasteiger partial charge is 0.387 e. The fourth-order valence-corrected chi connectivity index (χ4v) is 3.15. The van der Waals surface area contributed by atoms with Crippen LogP contribution in [0.5, 0.6) is 0 Å². The second kappa shape index (κ2) is 10.9. The molecule has 6 nitrogen and oxygen atoms in total. The second-order valence-corrected chi connectivity index (χ2v) is 7.63. The summed E-state index contributed by atoms with van der Waals surface area (Å²) in [4.78, 5) is 21.4. The summed E-state index contributed by atoms with van der Waals surface area (Å²) in [7, 11) is 1.78. The summed E-state index contributed by atoms with van der Waals surface area (Å²) in [6.07, 6.45) is 7.10. The van der Waals surface area contributed by atoms with Crippen LogP contribution in [0.25, 0.3) is 0 Å². The smallest absolute Gasteiger partial charge is 0.257 e. The first-order valence-electron chi connectivity index (χ1n) is 10.7. The molecular formula is C27H29N5O. The van der Waals surface area contributed by atoms with E-state index in [2.05, 4.69) is 51.6 Å². The highest BCUT2D eigenvalue weighted by Crippen LogP contribution is 2.23. The Morgan fingerprint density at radius 1 is 0.970 bits per heavy atom. The van der Waals surface area contributed by atoms with Crippen molar-refractivity contribution >= 4 is 28.7 Å². The molecule has 0 spiro atoms. The summed E-state index contributed by atoms with van der Waals surface area (Å²) in [5, 5.41) is 9.17. The van der Waals surface area contributed by atoms with E-state index in [1.165, 1.54) is 11.8 Å². The monoisotopic (exact) mass is 439 g/mol. The van der Waals surface area contributed by atoms with Crippen LogP contribution in [0.15, 0.2) is 90.5 Å². The highest BCUT2D eigenvalue weighted by molar-refractivity contribution is 6.09. The van der Waals surface area contributed by atoms with Crippen LogP contribution in [0, 0.1) is 13.8 Å². The van der Waals surface area contributed by atoms with Crippen LogP contribution in [0.3, 0.4) is 0 Å². The van der Waals surface area contributed by atoms with Crippen molar-refractivity contribution in [3.8, 4) is 0 Å². The molecule has 168 valence electrons. The topological polar surface area (TPSA) is 78.4 Å². The molecule has 0 saturated carbocycles. The zero-order valence-electron chi connectivity index (χ0n) is 19.4. The third-order valence-electron chi connectivity index (χ3n) is 4.99. The molecule has 0 aliphatic heterocycles. The average Bonchev–Trinajstić information content (AvgIpc) is 2.81. The molecular weight excluding hydrogens is 410 g/mol. The molecule has 0 unspecified atom stereocenters. The second-order valence-electron chi connectivity index (χ2n) is 7.63. The van der Waals surface area contributed by atoms with Crippen LogP contribution in [0.1, 0.15) is 34.0 Å². The van der Waals surface area contributed by atoms with Crippen molar-refractivity contribution in [2.24, 2.45) is 4.99 Å². The van der Waals surface area contributed by atoms with E-state index in [1.807, 2.05) is 56.3 Å². The Morgan fingerprint density at radius 2 is 1.73 bits per heavy atom. The van der Waals surface area contributed by atoms with E-state index >= 15 is 0 Å². The number of hydrogen-bond acceptors (Lipinski definition) is 5. The standard InChI is InChI=1S/C27H29N5O/c1-6-7-25(21-11-8-18(2)9-12-21)30-20(4)31-26-15-23(13-10-19(26)3)32-27(33)22-14-24(28-5)17-29-16-22/h6-17,28,31H,4H2,1-3,5H3,(H,32,33)/b7-6-,30-25+. The van der Waals surface area contributed by atoms with Crippen LogP contribution in [-0.4, -0.2) is 23.7 Å². The third-order valence-corrected chi connectivity index (χ3v) is 4.99. The number of nitrogens with one attached hydrogen (secondary N) is 3. The molecule has 0 aliphatic rings. The number of aryl methyl sites for hydroxylation is 2. The van der Waals surface area contributed by atoms with Crippen LogP contribution in [0.2, 0.25) is 0 Å². The van der Waals surface area contributed by atoms with E-state index in [1.54, 1.807) is 19.3 Å². The van der Waals surface area contributed by atoms with E-state index < -0.39 is 0 Å². The SMILES string of the molecule is C=C(/N=C(\C=C/C)c1ccc(C)cc1)Nc1cc(NC(=O)c2cncc(NC)c2)ccc1C. The lowest BCUT2D eigenvalue weighted by molar-refractivity contribution is 0.102. The van der Waals surface area contributed by atoms with Gasteiger partial charge in [0.15, 0.2) is 0 Å². The first-order chi connectivity index (χ1) is 15.9. The number of carbonyl (C=O) groups is 1. The Kier molecular flexibility index (Phi) is 7.76. The number of benzene rings is 2. The number of aromatic nitrogens is 1. The van der Waals surface area contributed by atoms with Gasteiger partial charge in [0.2, 0.25) is 0 Å². The predicted molar refractivity (Wildman–Crippen MR) is 138 cm³/mol. The Hall–Kier alpha value is -4.19. The van der Waals surface area contributed by atoms with Crippen molar-refractivity contribution < 1.29 is 4.79 Å². The Bertz CT molecular complexity index is 1210. The number of anilines is 3. The summed E-state index contributed by atoms with van der Waals surface area (Å²) in [5.74, 6) is 0.266. The van der Waals surface area contributed by atoms with Gasteiger partial charge in [-0.05, 0) is 50.6 Å². The van der Waals surface area contributed by atoms with Crippen LogP contribution < -0.4 is 16.0 Å². The molecule has 2 aromatic carbocycles. The van der Waals surface area contributed by atoms with E-state index in [9.17, 15) is 4.79 Å². The van der Waals surface area contributed by atoms with Crippen molar-refractivity contribution in [2.75, 3.05) is 23.0 Å². The van der Waals surface area contributed by atoms with Gasteiger partial charge in [-0.25, -0.2) is 4.99 Å². The Morgan fingerprint density at radius 3 is 2.42 bits per heavy atom. The molecule has 6 heteroatoms. The Balaban J connectivity index is 1.78. The van der Waals surface area contributed by atoms with E-state index in [0.29, 0.717) is 17.1 Å². The normalized spacial score (nSPS) is 11.3. The molecule has 0 saturated heterocycles. The number of carbonyl (C=O) groups excluding carboxylic acids is 1. The van der Waals surface area contributed by atoms with Gasteiger partial charge in [-0.1, -0.05) is 48.6 Å². The predicted octanol–water partition coefficient (Wildman–Crippen LogP) is 5.94. The Labute approximate surface area is 195 Å². The number of hydrogen-bond donors (Lipinski definition) is 3. The number of aliphatic imine (C=N–C) groups is 1. The minimum atomic E-state index is -0.235. The molecule has 3 rings (SSSR count). The van der Waals surface area contributed by atoms with Crippen LogP contribution in [0.4, 0.5) is 17.1 Å². The quantitative estimate of drug-likeness (QED) is 0.380. The summed E-state index contributed by atoms with van der Waals surface area (Å²) < 4.78 is 0. The van der Waals surface area contributed by atoms with Gasteiger partial charge >= 0.3 is 0 Å². The maximum atomic E-state index is 12.7. The molecule has 3 N–H and O–H groups in total. The van der Waals surface area contributed by atoms with Gasteiger partial charge in [0, 0.05) is 36.4 Å². The van der Waals surface area contributed by atoms with E-state index in [0.717, 1.165) is 28.2 Å². The van der Waals surface area contributed by atoms with Gasteiger partial charge in [0.1, 0.15) is 5.82 Å². The van der Waals surface area contributed by atoms with Gasteiger partial charge < -0.3 is 16.0 Å². The summed E-state index contributed by atoms with van der Waals surface area (Å²) >= 11 is 0. The minimum absolute atomic E-state index is 0.235. The zero-order valence-corrected chi connectivity index (χ0v) is 19.4. The molecule has 0 bridgehead atoms. The number of nitrogens with zero attached hydrogens (tertiary/aromatic N) is 2. The van der Waals surface area contributed by atoms with Crippen molar-refractivity contribution in [1.29, 1.82) is 0 Å². The molecule has 1 aromatic heterocycles. The lowest BCUT2D eigenvalue weighted by Crippen LogP contribution is -2.13. The number of rotatable bonds is 8. The fraction of sp³-hybridized carbons (Fsp3) is 0.148. The first kappa shape index (κ1) is 23.5. The summed E-state index contributed by atoms with van der Waals surface area (Å²) in [6, 6.07) is 15.6. The highest BCUT2D eigenvalue weighted by atomic mass is 16.1. The summed E-state index contributed by atoms with van der Waals surface area (Å²) in [5.41, 5.74) is 6.74. The van der Waals surface area contributed by atoms with Crippen molar-refractivity contribution in [1.82, 2.24) is 4.98 Å². The van der Waals surface area contributed by atoms with Gasteiger partial charge in [-0.3, -0.25) is 9.78 Å². The lowest BCUT2D eigenvalue weighted by atomic mass is 10.1. The van der Waals surface area contributed by atoms with Gasteiger partial charge in [0.25, 0.3) is 5.91 Å². The third kappa shape index (κ3) is 6.40. The molecule has 3 aromatic rings. The summed E-state index contributed by atoms with van der Waals surface area (Å²) in [6.45, 7) is 10.1. The number of pyridine rings is 1. The van der Waals surface area contributed by atoms with Crippen molar-refractivity contribution in [2.45, 2.75) is 20.8 Å². The van der Waals surface area contributed by atoms with Gasteiger partial charge in [-0.2, -0.15) is 0 Å². The maximum Gasteiger partial charge on any atom is 0.257 e. The maximum absolute atomic E-state index is 12.7. The van der Waals surface area contributed by atoms with E-state index in [4.69, 9.17) is 0 Å². The van der Waals surface area contributed by atoms with Crippen LogP contribution in [-0.2, 0) is 0 Å². The van der Waals surface area contributed by atoms with E-state index in [-0.39, 0.29) is 5.91 Å². The fourth-order valence-electron chi connectivity index (χ4n) is 3.15. The minimum Gasteiger partial charge on any atom is -0.387 e. The number of allylic oxidation sites excluding steroid dienone is 2. The highest BCUT2D eigenvalue weighted by Gasteiger charge is 2.09. The van der Waals surface area contributed by atoms with Crippen molar-refractivity contribution in [3.63, 3.8) is 0 Å². The molecule has 0 aliphatic carbocycles. The zero-order chi connectivity index (χ0) is 23.8. The molecule has 0 fully saturated rings. The van der Waals surface area contributed by atoms with Gasteiger partial charge in [-0.15, -0.1) is 0 Å². The van der Waals surface area contributed by atoms with Crippen molar-refractivity contribution in [3.05, 3.63) is 108 Å². The van der Waals surface area contributed by atoms with Crippen LogP contribution >= 0.6 is 0 Å². The molecule has 0 radical (unpaired) electrons. The van der Waals surface area contributed by atoms with Gasteiger partial charge in [0.05, 0.1) is 17.0 Å². The molecule has 1 amide bonds. The number of amides is 1.